The Labute approximate surface area is 123 Å². The predicted octanol–water partition coefficient (Wildman–Crippen LogP) is 2.32. The Bertz CT molecular complexity index is 597. The number of nitrogens with zero attached hydrogens (tertiary/aromatic N) is 3. The van der Waals surface area contributed by atoms with Crippen LogP contribution in [0.1, 0.15) is 11.3 Å². The van der Waals surface area contributed by atoms with Gasteiger partial charge in [-0.2, -0.15) is 0 Å². The van der Waals surface area contributed by atoms with E-state index >= 15 is 0 Å². The topological polar surface area (TPSA) is 55.0 Å². The van der Waals surface area contributed by atoms with Gasteiger partial charge in [-0.15, -0.1) is 11.6 Å². The fraction of sp³-hybridized carbons (Fsp3) is 0.333. The fourth-order valence-corrected chi connectivity index (χ4v) is 2.68. The van der Waals surface area contributed by atoms with Crippen molar-refractivity contribution < 1.29 is 0 Å². The van der Waals surface area contributed by atoms with Crippen LogP contribution in [0.25, 0.3) is 11.4 Å². The summed E-state index contributed by atoms with van der Waals surface area (Å²) in [7, 11) is 0. The summed E-state index contributed by atoms with van der Waals surface area (Å²) in [6.45, 7) is 2.79. The number of rotatable bonds is 3. The monoisotopic (exact) mass is 288 g/mol. The van der Waals surface area contributed by atoms with Gasteiger partial charge in [0.25, 0.3) is 0 Å². The van der Waals surface area contributed by atoms with Crippen LogP contribution in [0.3, 0.4) is 0 Å². The Morgan fingerprint density at radius 1 is 1.25 bits per heavy atom. The fourth-order valence-electron chi connectivity index (χ4n) is 2.44. The van der Waals surface area contributed by atoms with Crippen LogP contribution in [0.4, 0.5) is 5.69 Å². The highest BCUT2D eigenvalue weighted by atomic mass is 35.5. The molecule has 0 fully saturated rings. The molecule has 0 unspecified atom stereocenters. The standard InChI is InChI=1S/C15H17ClN4/c16-6-8-20-7-5-12-9-18-15(19-14(12)10-20)11-1-3-13(17)4-2-11/h1-4,9H,5-8,10,17H2. The van der Waals surface area contributed by atoms with Crippen LogP contribution in [0, 0.1) is 0 Å². The van der Waals surface area contributed by atoms with Crippen molar-refractivity contribution in [2.75, 3.05) is 24.7 Å². The minimum atomic E-state index is 0.658. The summed E-state index contributed by atoms with van der Waals surface area (Å²) < 4.78 is 0. The lowest BCUT2D eigenvalue weighted by Gasteiger charge is -2.27. The second-order valence-electron chi connectivity index (χ2n) is 5.00. The maximum absolute atomic E-state index is 5.82. The van der Waals surface area contributed by atoms with E-state index < -0.39 is 0 Å². The number of fused-ring (bicyclic) bond motifs is 1. The first-order valence-corrected chi connectivity index (χ1v) is 7.29. The number of aromatic nitrogens is 2. The lowest BCUT2D eigenvalue weighted by atomic mass is 10.1. The van der Waals surface area contributed by atoms with Crippen molar-refractivity contribution >= 4 is 17.3 Å². The Balaban J connectivity index is 1.88. The molecule has 1 aliphatic rings. The average Bonchev–Trinajstić information content (AvgIpc) is 2.48. The number of benzene rings is 1. The summed E-state index contributed by atoms with van der Waals surface area (Å²) in [6.07, 6.45) is 2.94. The quantitative estimate of drug-likeness (QED) is 0.696. The van der Waals surface area contributed by atoms with Crippen molar-refractivity contribution in [2.24, 2.45) is 0 Å². The van der Waals surface area contributed by atoms with Gasteiger partial charge in [-0.3, -0.25) is 4.90 Å². The van der Waals surface area contributed by atoms with Gasteiger partial charge < -0.3 is 5.73 Å². The highest BCUT2D eigenvalue weighted by Crippen LogP contribution is 2.21. The lowest BCUT2D eigenvalue weighted by Crippen LogP contribution is -2.32. The minimum absolute atomic E-state index is 0.658. The minimum Gasteiger partial charge on any atom is -0.399 e. The van der Waals surface area contributed by atoms with E-state index in [1.54, 1.807) is 0 Å². The van der Waals surface area contributed by atoms with Crippen molar-refractivity contribution in [3.8, 4) is 11.4 Å². The third kappa shape index (κ3) is 2.76. The van der Waals surface area contributed by atoms with E-state index in [0.29, 0.717) is 5.88 Å². The van der Waals surface area contributed by atoms with E-state index in [4.69, 9.17) is 22.3 Å². The molecule has 1 aromatic carbocycles. The largest absolute Gasteiger partial charge is 0.399 e. The molecule has 20 heavy (non-hydrogen) atoms. The molecule has 5 heteroatoms. The number of nitrogen functional groups attached to an aromatic ring is 1. The van der Waals surface area contributed by atoms with Crippen molar-refractivity contribution in [3.05, 3.63) is 41.7 Å². The SMILES string of the molecule is Nc1ccc(-c2ncc3c(n2)CN(CCCl)CC3)cc1. The van der Waals surface area contributed by atoms with E-state index in [1.165, 1.54) is 5.56 Å². The van der Waals surface area contributed by atoms with Gasteiger partial charge in [0, 0.05) is 43.0 Å². The maximum Gasteiger partial charge on any atom is 0.159 e. The number of nitrogens with two attached hydrogens (primary N) is 1. The predicted molar refractivity (Wildman–Crippen MR) is 81.6 cm³/mol. The van der Waals surface area contributed by atoms with Crippen molar-refractivity contribution in [3.63, 3.8) is 0 Å². The molecule has 2 aromatic rings. The van der Waals surface area contributed by atoms with E-state index in [9.17, 15) is 0 Å². The second-order valence-corrected chi connectivity index (χ2v) is 5.38. The highest BCUT2D eigenvalue weighted by Gasteiger charge is 2.18. The Morgan fingerprint density at radius 3 is 2.80 bits per heavy atom. The number of hydrogen-bond donors (Lipinski definition) is 1. The molecule has 0 aliphatic carbocycles. The van der Waals surface area contributed by atoms with E-state index in [-0.39, 0.29) is 0 Å². The van der Waals surface area contributed by atoms with Crippen LogP contribution in [0.5, 0.6) is 0 Å². The van der Waals surface area contributed by atoms with Crippen LogP contribution >= 0.6 is 11.6 Å². The molecular formula is C15H17ClN4. The zero-order chi connectivity index (χ0) is 13.9. The van der Waals surface area contributed by atoms with Crippen molar-refractivity contribution in [2.45, 2.75) is 13.0 Å². The average molecular weight is 289 g/mol. The first-order chi connectivity index (χ1) is 9.76. The third-order valence-electron chi connectivity index (χ3n) is 3.59. The third-order valence-corrected chi connectivity index (χ3v) is 3.76. The summed E-state index contributed by atoms with van der Waals surface area (Å²) >= 11 is 5.82. The molecule has 0 spiro atoms. The molecule has 3 rings (SSSR count). The molecule has 2 heterocycles. The molecule has 0 bridgehead atoms. The van der Waals surface area contributed by atoms with Gasteiger partial charge in [-0.05, 0) is 36.2 Å². The molecule has 1 aromatic heterocycles. The van der Waals surface area contributed by atoms with Crippen molar-refractivity contribution in [1.82, 2.24) is 14.9 Å². The number of anilines is 1. The van der Waals surface area contributed by atoms with E-state index in [1.807, 2.05) is 30.5 Å². The first-order valence-electron chi connectivity index (χ1n) is 6.75. The van der Waals surface area contributed by atoms with Gasteiger partial charge in [0.2, 0.25) is 0 Å². The summed E-state index contributed by atoms with van der Waals surface area (Å²) in [5, 5.41) is 0. The number of hydrogen-bond acceptors (Lipinski definition) is 4. The highest BCUT2D eigenvalue weighted by molar-refractivity contribution is 6.18. The van der Waals surface area contributed by atoms with Gasteiger partial charge in [0.15, 0.2) is 5.82 Å². The Hall–Kier alpha value is -1.65. The second kappa shape index (κ2) is 5.77. The molecule has 104 valence electrons. The zero-order valence-electron chi connectivity index (χ0n) is 11.2. The van der Waals surface area contributed by atoms with Gasteiger partial charge in [0.1, 0.15) is 0 Å². The molecule has 0 amide bonds. The van der Waals surface area contributed by atoms with Crippen molar-refractivity contribution in [1.29, 1.82) is 0 Å². The Morgan fingerprint density at radius 2 is 2.05 bits per heavy atom. The smallest absolute Gasteiger partial charge is 0.159 e. The molecule has 4 nitrogen and oxygen atoms in total. The number of alkyl halides is 1. The van der Waals surface area contributed by atoms with E-state index in [0.717, 1.165) is 48.8 Å². The summed E-state index contributed by atoms with van der Waals surface area (Å²) in [4.78, 5) is 11.5. The molecule has 0 saturated heterocycles. The molecular weight excluding hydrogens is 272 g/mol. The van der Waals surface area contributed by atoms with Gasteiger partial charge >= 0.3 is 0 Å². The molecule has 0 atom stereocenters. The van der Waals surface area contributed by atoms with Crippen LogP contribution in [-0.4, -0.2) is 33.8 Å². The molecule has 2 N–H and O–H groups in total. The Kier molecular flexibility index (Phi) is 3.85. The van der Waals surface area contributed by atoms with Gasteiger partial charge in [-0.1, -0.05) is 0 Å². The molecule has 0 saturated carbocycles. The zero-order valence-corrected chi connectivity index (χ0v) is 12.0. The normalized spacial score (nSPS) is 15.1. The molecule has 0 radical (unpaired) electrons. The van der Waals surface area contributed by atoms with Gasteiger partial charge in [-0.25, -0.2) is 9.97 Å². The molecule has 1 aliphatic heterocycles. The first kappa shape index (κ1) is 13.3. The van der Waals surface area contributed by atoms with Crippen LogP contribution in [-0.2, 0) is 13.0 Å². The number of halogens is 1. The van der Waals surface area contributed by atoms with Gasteiger partial charge in [0.05, 0.1) is 5.69 Å². The lowest BCUT2D eigenvalue weighted by molar-refractivity contribution is 0.265. The van der Waals surface area contributed by atoms with Crippen LogP contribution in [0.15, 0.2) is 30.5 Å². The summed E-state index contributed by atoms with van der Waals surface area (Å²) in [5.74, 6) is 1.42. The van der Waals surface area contributed by atoms with E-state index in [2.05, 4.69) is 9.88 Å². The summed E-state index contributed by atoms with van der Waals surface area (Å²) in [5.41, 5.74) is 9.81. The maximum atomic E-state index is 5.82. The van der Waals surface area contributed by atoms with Crippen LogP contribution < -0.4 is 5.73 Å². The summed E-state index contributed by atoms with van der Waals surface area (Å²) in [6, 6.07) is 7.66. The van der Waals surface area contributed by atoms with Crippen LogP contribution in [0.2, 0.25) is 0 Å².